The van der Waals surface area contributed by atoms with Crippen LogP contribution in [0.4, 0.5) is 14.9 Å². The van der Waals surface area contributed by atoms with Gasteiger partial charge in [0.05, 0.1) is 18.3 Å². The third-order valence-corrected chi connectivity index (χ3v) is 5.76. The van der Waals surface area contributed by atoms with Crippen LogP contribution < -0.4 is 5.32 Å². The lowest BCUT2D eigenvalue weighted by molar-refractivity contribution is 0.194. The van der Waals surface area contributed by atoms with E-state index in [4.69, 9.17) is 0 Å². The minimum Gasteiger partial charge on any atom is -0.318 e. The summed E-state index contributed by atoms with van der Waals surface area (Å²) in [5.74, 6) is -0.340. The topological polar surface area (TPSA) is 37.3 Å². The predicted octanol–water partition coefficient (Wildman–Crippen LogP) is 6.06. The molecule has 0 bridgehead atoms. The average Bonchev–Trinajstić information content (AvgIpc) is 3.21. The summed E-state index contributed by atoms with van der Waals surface area (Å²) in [6.45, 7) is 2.13. The highest BCUT2D eigenvalue weighted by Gasteiger charge is 2.32. The van der Waals surface area contributed by atoms with Crippen LogP contribution >= 0.6 is 0 Å². The highest BCUT2D eigenvalue weighted by Crippen LogP contribution is 2.36. The van der Waals surface area contributed by atoms with E-state index in [0.29, 0.717) is 17.8 Å². The molecule has 31 heavy (non-hydrogen) atoms. The Bertz CT molecular complexity index is 1250. The Hall–Kier alpha value is -3.86. The zero-order valence-electron chi connectivity index (χ0n) is 17.1. The summed E-state index contributed by atoms with van der Waals surface area (Å²) in [5.41, 5.74) is 5.10. The van der Waals surface area contributed by atoms with Crippen LogP contribution in [0, 0.1) is 12.7 Å². The lowest BCUT2D eigenvalue weighted by Crippen LogP contribution is -2.37. The number of carbonyl (C=O) groups is 1. The van der Waals surface area contributed by atoms with Crippen LogP contribution in [-0.2, 0) is 6.54 Å². The summed E-state index contributed by atoms with van der Waals surface area (Å²) in [6.07, 6.45) is 2.03. The first kappa shape index (κ1) is 19.1. The van der Waals surface area contributed by atoms with Crippen LogP contribution in [0.15, 0.2) is 91.1 Å². The number of carbonyl (C=O) groups excluding carboxylic acids is 1. The number of aryl methyl sites for hydroxylation is 1. The molecular formula is C26H22FN3O. The summed E-state index contributed by atoms with van der Waals surface area (Å²) in [6, 6.07) is 26.3. The lowest BCUT2D eigenvalue weighted by Gasteiger charge is -2.31. The number of urea groups is 1. The molecule has 0 unspecified atom stereocenters. The van der Waals surface area contributed by atoms with E-state index in [-0.39, 0.29) is 17.9 Å². The second kappa shape index (κ2) is 7.76. The summed E-state index contributed by atoms with van der Waals surface area (Å²) in [4.78, 5) is 15.3. The standard InChI is InChI=1S/C26H22FN3O/c1-18-13-14-21(16-22(18)27)28-26(31)30-17-20-10-5-6-11-23(20)29-15-7-12-24(29)25(30)19-8-3-2-4-9-19/h2-16,25H,17H2,1H3,(H,28,31)/t25-/m0/s1. The fourth-order valence-electron chi connectivity index (χ4n) is 4.19. The van der Waals surface area contributed by atoms with Crippen molar-refractivity contribution < 1.29 is 9.18 Å². The average molecular weight is 411 g/mol. The maximum Gasteiger partial charge on any atom is 0.322 e. The van der Waals surface area contributed by atoms with E-state index in [0.717, 1.165) is 22.5 Å². The number of hydrogen-bond donors (Lipinski definition) is 1. The number of nitrogens with one attached hydrogen (secondary N) is 1. The van der Waals surface area contributed by atoms with Gasteiger partial charge in [0.2, 0.25) is 0 Å². The predicted molar refractivity (Wildman–Crippen MR) is 120 cm³/mol. The number of para-hydroxylation sites is 1. The highest BCUT2D eigenvalue weighted by molar-refractivity contribution is 5.90. The molecule has 3 aromatic carbocycles. The van der Waals surface area contributed by atoms with Gasteiger partial charge in [0, 0.05) is 17.6 Å². The molecule has 1 N–H and O–H groups in total. The number of halogens is 1. The molecule has 5 rings (SSSR count). The van der Waals surface area contributed by atoms with E-state index in [9.17, 15) is 9.18 Å². The zero-order valence-corrected chi connectivity index (χ0v) is 17.1. The van der Waals surface area contributed by atoms with Gasteiger partial charge in [-0.1, -0.05) is 54.6 Å². The summed E-state index contributed by atoms with van der Waals surface area (Å²) in [5, 5.41) is 2.90. The van der Waals surface area contributed by atoms with E-state index in [1.54, 1.807) is 19.1 Å². The smallest absolute Gasteiger partial charge is 0.318 e. The molecule has 4 aromatic rings. The van der Waals surface area contributed by atoms with Crippen molar-refractivity contribution >= 4 is 11.7 Å². The maximum atomic E-state index is 14.1. The van der Waals surface area contributed by atoms with Gasteiger partial charge in [-0.2, -0.15) is 0 Å². The second-order valence-electron chi connectivity index (χ2n) is 7.77. The SMILES string of the molecule is Cc1ccc(NC(=O)N2Cc3ccccc3-n3cccc3[C@@H]2c2ccccc2)cc1F. The molecule has 0 saturated heterocycles. The van der Waals surface area contributed by atoms with Crippen LogP contribution in [0.2, 0.25) is 0 Å². The number of aromatic nitrogens is 1. The zero-order chi connectivity index (χ0) is 21.4. The number of nitrogens with zero attached hydrogens (tertiary/aromatic N) is 2. The molecule has 5 heteroatoms. The van der Waals surface area contributed by atoms with E-state index >= 15 is 0 Å². The van der Waals surface area contributed by atoms with Crippen LogP contribution in [0.3, 0.4) is 0 Å². The summed E-state index contributed by atoms with van der Waals surface area (Å²) < 4.78 is 16.2. The highest BCUT2D eigenvalue weighted by atomic mass is 19.1. The summed E-state index contributed by atoms with van der Waals surface area (Å²) >= 11 is 0. The molecule has 2 amide bonds. The quantitative estimate of drug-likeness (QED) is 0.428. The molecule has 0 radical (unpaired) electrons. The molecule has 0 fully saturated rings. The molecule has 1 atom stereocenters. The van der Waals surface area contributed by atoms with Crippen molar-refractivity contribution in [1.29, 1.82) is 0 Å². The molecule has 1 aliphatic heterocycles. The number of anilines is 1. The van der Waals surface area contributed by atoms with Crippen molar-refractivity contribution in [2.45, 2.75) is 19.5 Å². The Morgan fingerprint density at radius 3 is 2.55 bits per heavy atom. The van der Waals surface area contributed by atoms with Gasteiger partial charge in [-0.05, 0) is 53.9 Å². The number of rotatable bonds is 2. The van der Waals surface area contributed by atoms with Crippen molar-refractivity contribution in [2.75, 3.05) is 5.32 Å². The maximum absolute atomic E-state index is 14.1. The minimum atomic E-state index is -0.340. The number of fused-ring (bicyclic) bond motifs is 3. The van der Waals surface area contributed by atoms with Crippen LogP contribution in [-0.4, -0.2) is 15.5 Å². The first-order valence-electron chi connectivity index (χ1n) is 10.3. The van der Waals surface area contributed by atoms with E-state index < -0.39 is 0 Å². The Morgan fingerprint density at radius 2 is 1.74 bits per heavy atom. The molecular weight excluding hydrogens is 389 g/mol. The largest absolute Gasteiger partial charge is 0.322 e. The molecule has 1 aromatic heterocycles. The van der Waals surface area contributed by atoms with Crippen LogP contribution in [0.25, 0.3) is 5.69 Å². The fourth-order valence-corrected chi connectivity index (χ4v) is 4.19. The van der Waals surface area contributed by atoms with Crippen molar-refractivity contribution in [2.24, 2.45) is 0 Å². The molecule has 154 valence electrons. The van der Waals surface area contributed by atoms with Crippen LogP contribution in [0.1, 0.15) is 28.4 Å². The van der Waals surface area contributed by atoms with E-state index in [1.807, 2.05) is 71.8 Å². The fraction of sp³-hybridized carbons (Fsp3) is 0.115. The van der Waals surface area contributed by atoms with Crippen molar-refractivity contribution in [3.63, 3.8) is 0 Å². The Kier molecular flexibility index (Phi) is 4.79. The van der Waals surface area contributed by atoms with Gasteiger partial charge >= 0.3 is 6.03 Å². The molecule has 0 spiro atoms. The molecule has 0 saturated carbocycles. The van der Waals surface area contributed by atoms with Gasteiger partial charge < -0.3 is 14.8 Å². The van der Waals surface area contributed by atoms with Gasteiger partial charge in [0.1, 0.15) is 5.82 Å². The van der Waals surface area contributed by atoms with Gasteiger partial charge in [-0.25, -0.2) is 9.18 Å². The van der Waals surface area contributed by atoms with Gasteiger partial charge in [0.25, 0.3) is 0 Å². The Morgan fingerprint density at radius 1 is 0.968 bits per heavy atom. The van der Waals surface area contributed by atoms with Gasteiger partial charge in [0.15, 0.2) is 0 Å². The minimum absolute atomic E-state index is 0.276. The van der Waals surface area contributed by atoms with Crippen molar-refractivity contribution in [3.05, 3.63) is 119 Å². The van der Waals surface area contributed by atoms with Gasteiger partial charge in [-0.3, -0.25) is 0 Å². The number of amides is 2. The normalized spacial score (nSPS) is 15.0. The van der Waals surface area contributed by atoms with E-state index in [2.05, 4.69) is 16.0 Å². The van der Waals surface area contributed by atoms with Gasteiger partial charge in [-0.15, -0.1) is 0 Å². The molecule has 4 nitrogen and oxygen atoms in total. The first-order valence-corrected chi connectivity index (χ1v) is 10.3. The third-order valence-electron chi connectivity index (χ3n) is 5.76. The number of benzene rings is 3. The third kappa shape index (κ3) is 3.48. The monoisotopic (exact) mass is 411 g/mol. The first-order chi connectivity index (χ1) is 15.1. The molecule has 2 heterocycles. The lowest BCUT2D eigenvalue weighted by atomic mass is 10.0. The summed E-state index contributed by atoms with van der Waals surface area (Å²) in [7, 11) is 0. The molecule has 0 aliphatic carbocycles. The Balaban J connectivity index is 1.61. The number of hydrogen-bond acceptors (Lipinski definition) is 1. The van der Waals surface area contributed by atoms with Crippen molar-refractivity contribution in [1.82, 2.24) is 9.47 Å². The Labute approximate surface area is 180 Å². The second-order valence-corrected chi connectivity index (χ2v) is 7.77. The van der Waals surface area contributed by atoms with Crippen LogP contribution in [0.5, 0.6) is 0 Å². The molecule has 1 aliphatic rings. The van der Waals surface area contributed by atoms with Crippen molar-refractivity contribution in [3.8, 4) is 5.69 Å². The van der Waals surface area contributed by atoms with E-state index in [1.165, 1.54) is 6.07 Å².